The predicted octanol–water partition coefficient (Wildman–Crippen LogP) is 3.34. The molecule has 0 amide bonds. The van der Waals surface area contributed by atoms with E-state index >= 15 is 0 Å². The van der Waals surface area contributed by atoms with Crippen LogP contribution in [0.15, 0.2) is 47.0 Å². The van der Waals surface area contributed by atoms with Crippen LogP contribution in [-0.4, -0.2) is 39.5 Å². The van der Waals surface area contributed by atoms with Crippen molar-refractivity contribution >= 4 is 23.2 Å². The Balaban J connectivity index is 2.11. The topological polar surface area (TPSA) is 88.0 Å². The minimum Gasteiger partial charge on any atom is -0.399 e. The highest BCUT2D eigenvalue weighted by Gasteiger charge is 2.24. The van der Waals surface area contributed by atoms with Gasteiger partial charge in [-0.15, -0.1) is 0 Å². The summed E-state index contributed by atoms with van der Waals surface area (Å²) in [7, 11) is 3.82. The van der Waals surface area contributed by atoms with E-state index in [4.69, 9.17) is 16.0 Å². The van der Waals surface area contributed by atoms with Gasteiger partial charge in [0.25, 0.3) is 0 Å². The van der Waals surface area contributed by atoms with Gasteiger partial charge in [-0.1, -0.05) is 11.6 Å². The quantitative estimate of drug-likeness (QED) is 0.340. The molecule has 0 radical (unpaired) electrons. The summed E-state index contributed by atoms with van der Waals surface area (Å²) >= 11 is 5.96. The molecule has 0 fully saturated rings. The van der Waals surface area contributed by atoms with Gasteiger partial charge in [-0.2, -0.15) is 5.10 Å². The Labute approximate surface area is 142 Å². The fourth-order valence-electron chi connectivity index (χ4n) is 2.48. The molecule has 0 unspecified atom stereocenters. The molecular weight excluding hydrogens is 332 g/mol. The van der Waals surface area contributed by atoms with Crippen LogP contribution < -0.4 is 0 Å². The lowest BCUT2D eigenvalue weighted by Crippen LogP contribution is -2.16. The first-order valence-electron chi connectivity index (χ1n) is 7.06. The second kappa shape index (κ2) is 6.29. The molecule has 3 rings (SSSR count). The van der Waals surface area contributed by atoms with Crippen molar-refractivity contribution in [3.8, 4) is 11.5 Å². The van der Waals surface area contributed by atoms with E-state index in [1.165, 1.54) is 6.07 Å². The second-order valence-corrected chi connectivity index (χ2v) is 5.74. The maximum absolute atomic E-state index is 10.8. The van der Waals surface area contributed by atoms with Gasteiger partial charge in [0.2, 0.25) is 5.71 Å². The monoisotopic (exact) mass is 345 g/mol. The van der Waals surface area contributed by atoms with Crippen molar-refractivity contribution in [2.75, 3.05) is 14.1 Å². The lowest BCUT2D eigenvalue weighted by atomic mass is 10.0. The zero-order valence-electron chi connectivity index (χ0n) is 13.0. The van der Waals surface area contributed by atoms with Crippen LogP contribution in [0.1, 0.15) is 11.1 Å². The third-order valence-electron chi connectivity index (χ3n) is 3.48. The van der Waals surface area contributed by atoms with Crippen molar-refractivity contribution < 1.29 is 13.9 Å². The highest BCUT2D eigenvalue weighted by atomic mass is 35.5. The molecule has 0 saturated carbocycles. The number of hydrogen-bond donors (Lipinski definition) is 1. The van der Waals surface area contributed by atoms with Crippen LogP contribution in [0.2, 0.25) is 5.02 Å². The normalized spacial score (nSPS) is 10.6. The first kappa shape index (κ1) is 15.9. The van der Waals surface area contributed by atoms with Crippen LogP contribution in [0.5, 0.6) is 0 Å². The van der Waals surface area contributed by atoms with Crippen molar-refractivity contribution in [1.82, 2.24) is 10.2 Å². The molecule has 0 aliphatic heterocycles. The Morgan fingerprint density at radius 3 is 2.50 bits per heavy atom. The summed E-state index contributed by atoms with van der Waals surface area (Å²) in [5.74, 6) is 0.0333. The van der Waals surface area contributed by atoms with Gasteiger partial charge < -0.3 is 4.42 Å². The Morgan fingerprint density at radius 2 is 1.92 bits per heavy atom. The molecule has 8 heteroatoms. The van der Waals surface area contributed by atoms with E-state index in [-0.39, 0.29) is 5.88 Å². The summed E-state index contributed by atoms with van der Waals surface area (Å²) in [4.78, 5) is 10.3. The number of aromatic amines is 1. The molecule has 0 saturated heterocycles. The Kier molecular flexibility index (Phi) is 4.18. The van der Waals surface area contributed by atoms with Gasteiger partial charge in [0.15, 0.2) is 5.76 Å². The largest absolute Gasteiger partial charge is 0.433 e. The predicted molar refractivity (Wildman–Crippen MR) is 89.7 cm³/mol. The molecule has 2 heterocycles. The molecule has 3 aromatic rings. The number of H-pyrrole nitrogens is 1. The number of aromatic nitrogens is 2. The number of hydrogen-bond acceptors (Lipinski definition) is 4. The summed E-state index contributed by atoms with van der Waals surface area (Å²) in [6, 6.07) is 10.3. The summed E-state index contributed by atoms with van der Waals surface area (Å²) < 4.78 is 7.23. The summed E-state index contributed by atoms with van der Waals surface area (Å²) in [5, 5.41) is 18.4. The maximum atomic E-state index is 10.8. The molecule has 7 nitrogen and oxygen atoms in total. The average molecular weight is 346 g/mol. The number of nitrogens with one attached hydrogen (secondary N) is 1. The molecule has 0 spiro atoms. The maximum Gasteiger partial charge on any atom is 0.433 e. The SMILES string of the molecule is C[N+](C)=C(c1ccc(Cl)cc1)c1cn[nH]c1-c1ccc([N+](=O)[O-])o1. The van der Waals surface area contributed by atoms with Crippen molar-refractivity contribution in [1.29, 1.82) is 0 Å². The molecule has 1 aromatic carbocycles. The lowest BCUT2D eigenvalue weighted by molar-refractivity contribution is -0.463. The van der Waals surface area contributed by atoms with Gasteiger partial charge in [-0.05, 0) is 30.3 Å². The molecular formula is C16H14ClN4O3+. The van der Waals surface area contributed by atoms with Crippen LogP contribution in [0, 0.1) is 10.1 Å². The Bertz CT molecular complexity index is 921. The van der Waals surface area contributed by atoms with Gasteiger partial charge in [-0.25, -0.2) is 4.58 Å². The number of rotatable bonds is 4. The van der Waals surface area contributed by atoms with E-state index in [0.29, 0.717) is 16.5 Å². The first-order valence-corrected chi connectivity index (χ1v) is 7.43. The number of benzene rings is 1. The van der Waals surface area contributed by atoms with Crippen molar-refractivity contribution in [2.24, 2.45) is 0 Å². The highest BCUT2D eigenvalue weighted by molar-refractivity contribution is 6.30. The van der Waals surface area contributed by atoms with Crippen LogP contribution in [-0.2, 0) is 0 Å². The van der Waals surface area contributed by atoms with Crippen molar-refractivity contribution in [3.63, 3.8) is 0 Å². The zero-order chi connectivity index (χ0) is 17.3. The molecule has 24 heavy (non-hydrogen) atoms. The molecule has 2 aromatic heterocycles. The van der Waals surface area contributed by atoms with Crippen LogP contribution in [0.4, 0.5) is 5.88 Å². The summed E-state index contributed by atoms with van der Waals surface area (Å²) in [6.45, 7) is 0. The van der Waals surface area contributed by atoms with E-state index < -0.39 is 4.92 Å². The van der Waals surface area contributed by atoms with Gasteiger partial charge in [0.1, 0.15) is 24.7 Å². The first-order chi connectivity index (χ1) is 11.5. The third-order valence-corrected chi connectivity index (χ3v) is 3.73. The number of nitrogens with zero attached hydrogens (tertiary/aromatic N) is 3. The number of halogens is 1. The standard InChI is InChI=1S/C16H13ClN4O3/c1-20(2)16(10-3-5-11(17)6-4-10)12-9-18-19-15(12)13-7-8-14(24-13)21(22)23/h3-9H,1-2H3/p+1. The number of furan rings is 1. The minimum absolute atomic E-state index is 0.316. The van der Waals surface area contributed by atoms with Crippen LogP contribution >= 0.6 is 11.6 Å². The van der Waals surface area contributed by atoms with E-state index in [1.807, 2.05) is 30.8 Å². The summed E-state index contributed by atoms with van der Waals surface area (Å²) in [6.07, 6.45) is 1.66. The van der Waals surface area contributed by atoms with E-state index in [9.17, 15) is 10.1 Å². The Hall–Kier alpha value is -2.93. The Morgan fingerprint density at radius 1 is 1.21 bits per heavy atom. The minimum atomic E-state index is -0.574. The molecule has 0 atom stereocenters. The number of nitro groups is 1. The molecule has 1 N–H and O–H groups in total. The molecule has 0 aliphatic carbocycles. The fraction of sp³-hybridized carbons (Fsp3) is 0.125. The highest BCUT2D eigenvalue weighted by Crippen LogP contribution is 2.28. The molecule has 122 valence electrons. The average Bonchev–Trinajstić information content (AvgIpc) is 3.18. The van der Waals surface area contributed by atoms with E-state index in [0.717, 1.165) is 16.8 Å². The van der Waals surface area contributed by atoms with E-state index in [2.05, 4.69) is 10.2 Å². The molecule has 0 aliphatic rings. The van der Waals surface area contributed by atoms with Crippen molar-refractivity contribution in [3.05, 3.63) is 68.9 Å². The smallest absolute Gasteiger partial charge is 0.399 e. The lowest BCUT2D eigenvalue weighted by Gasteiger charge is -2.05. The van der Waals surface area contributed by atoms with Crippen molar-refractivity contribution in [2.45, 2.75) is 0 Å². The summed E-state index contributed by atoms with van der Waals surface area (Å²) in [5.41, 5.74) is 3.16. The fourth-order valence-corrected chi connectivity index (χ4v) is 2.60. The van der Waals surface area contributed by atoms with E-state index in [1.54, 1.807) is 24.4 Å². The van der Waals surface area contributed by atoms with Gasteiger partial charge in [0, 0.05) is 10.6 Å². The molecule has 0 bridgehead atoms. The van der Waals surface area contributed by atoms with Gasteiger partial charge >= 0.3 is 5.88 Å². The van der Waals surface area contributed by atoms with Gasteiger partial charge in [-0.3, -0.25) is 15.2 Å². The van der Waals surface area contributed by atoms with Crippen LogP contribution in [0.3, 0.4) is 0 Å². The van der Waals surface area contributed by atoms with Gasteiger partial charge in [0.05, 0.1) is 17.8 Å². The van der Waals surface area contributed by atoms with Crippen LogP contribution in [0.25, 0.3) is 11.5 Å². The third kappa shape index (κ3) is 2.93. The second-order valence-electron chi connectivity index (χ2n) is 5.30. The zero-order valence-corrected chi connectivity index (χ0v) is 13.7.